The van der Waals surface area contributed by atoms with E-state index in [4.69, 9.17) is 14.9 Å². The van der Waals surface area contributed by atoms with Gasteiger partial charge in [-0.1, -0.05) is 0 Å². The van der Waals surface area contributed by atoms with Crippen LogP contribution in [0.25, 0.3) is 0 Å². The third-order valence-electron chi connectivity index (χ3n) is 1.49. The molecule has 0 saturated heterocycles. The first kappa shape index (κ1) is 12.2. The van der Waals surface area contributed by atoms with Gasteiger partial charge in [-0.2, -0.15) is 0 Å². The van der Waals surface area contributed by atoms with Gasteiger partial charge in [-0.3, -0.25) is 0 Å². The van der Waals surface area contributed by atoms with Crippen molar-refractivity contribution in [1.29, 1.82) is 0 Å². The van der Waals surface area contributed by atoms with Gasteiger partial charge in [0, 0.05) is 0 Å². The van der Waals surface area contributed by atoms with Crippen molar-refractivity contribution < 1.29 is 25.2 Å². The number of phenols is 2. The number of phenolic OH excluding ortho intramolecular Hbond substituents is 2. The van der Waals surface area contributed by atoms with Crippen LogP contribution in [0.1, 0.15) is 17.3 Å². The van der Waals surface area contributed by atoms with E-state index in [2.05, 4.69) is 0 Å². The summed E-state index contributed by atoms with van der Waals surface area (Å²) in [7, 11) is 0. The number of esters is 1. The first-order valence-corrected chi connectivity index (χ1v) is 3.84. The van der Waals surface area contributed by atoms with E-state index >= 15 is 0 Å². The van der Waals surface area contributed by atoms with Crippen LogP contribution in [0.2, 0.25) is 0 Å². The molecule has 78 valence electrons. The predicted molar refractivity (Wildman–Crippen MR) is 49.3 cm³/mol. The van der Waals surface area contributed by atoms with Gasteiger partial charge in [0.1, 0.15) is 0 Å². The number of carbonyl (C=O) groups is 1. The second-order valence-corrected chi connectivity index (χ2v) is 2.42. The zero-order valence-electron chi connectivity index (χ0n) is 7.65. The minimum atomic E-state index is -0.516. The lowest BCUT2D eigenvalue weighted by Crippen LogP contribution is -2.03. The summed E-state index contributed by atoms with van der Waals surface area (Å²) in [5, 5.41) is 18.0. The fraction of sp³-hybridized carbons (Fsp3) is 0.222. The Labute approximate surface area is 80.9 Å². The highest BCUT2D eigenvalue weighted by Gasteiger charge is 2.08. The summed E-state index contributed by atoms with van der Waals surface area (Å²) in [5.74, 6) is -1.10. The van der Waals surface area contributed by atoms with Gasteiger partial charge in [0.25, 0.3) is 0 Å². The second kappa shape index (κ2) is 5.08. The van der Waals surface area contributed by atoms with Crippen molar-refractivity contribution in [1.82, 2.24) is 0 Å². The van der Waals surface area contributed by atoms with Crippen LogP contribution in [0, 0.1) is 0 Å². The third kappa shape index (κ3) is 2.63. The van der Waals surface area contributed by atoms with Gasteiger partial charge >= 0.3 is 5.97 Å². The molecule has 0 aliphatic heterocycles. The van der Waals surface area contributed by atoms with Crippen LogP contribution in [0.3, 0.4) is 0 Å². The van der Waals surface area contributed by atoms with E-state index in [1.54, 1.807) is 6.92 Å². The number of aromatic hydroxyl groups is 2. The molecule has 5 nitrogen and oxygen atoms in total. The van der Waals surface area contributed by atoms with Gasteiger partial charge in [0.2, 0.25) is 0 Å². The Balaban J connectivity index is 0.00000169. The summed E-state index contributed by atoms with van der Waals surface area (Å²) in [4.78, 5) is 11.1. The van der Waals surface area contributed by atoms with E-state index < -0.39 is 5.97 Å². The SMILES string of the molecule is CCOC(=O)c1ccc(O)c(O)c1.O. The number of rotatable bonds is 2. The van der Waals surface area contributed by atoms with Crippen LogP contribution >= 0.6 is 0 Å². The van der Waals surface area contributed by atoms with Crippen LogP contribution in [0.4, 0.5) is 0 Å². The molecule has 1 aromatic rings. The molecule has 4 N–H and O–H groups in total. The van der Waals surface area contributed by atoms with Gasteiger partial charge in [0.05, 0.1) is 12.2 Å². The zero-order chi connectivity index (χ0) is 9.84. The molecular formula is C9H12O5. The fourth-order valence-electron chi connectivity index (χ4n) is 0.865. The highest BCUT2D eigenvalue weighted by molar-refractivity contribution is 5.90. The molecule has 0 radical (unpaired) electrons. The molecule has 0 bridgehead atoms. The number of carbonyl (C=O) groups excluding carboxylic acids is 1. The first-order chi connectivity index (χ1) is 6.15. The topological polar surface area (TPSA) is 98.3 Å². The largest absolute Gasteiger partial charge is 0.504 e. The molecule has 0 atom stereocenters. The van der Waals surface area contributed by atoms with Gasteiger partial charge < -0.3 is 20.4 Å². The third-order valence-corrected chi connectivity index (χ3v) is 1.49. The molecule has 0 aliphatic rings. The summed E-state index contributed by atoms with van der Waals surface area (Å²) in [5.41, 5.74) is 0.220. The van der Waals surface area contributed by atoms with Crippen LogP contribution in [0.15, 0.2) is 18.2 Å². The van der Waals surface area contributed by atoms with Crippen LogP contribution in [-0.4, -0.2) is 28.3 Å². The van der Waals surface area contributed by atoms with E-state index in [-0.39, 0.29) is 29.1 Å². The van der Waals surface area contributed by atoms with Crippen molar-refractivity contribution in [3.8, 4) is 11.5 Å². The minimum Gasteiger partial charge on any atom is -0.504 e. The molecule has 1 aromatic carbocycles. The smallest absolute Gasteiger partial charge is 0.338 e. The molecule has 0 saturated carbocycles. The maximum Gasteiger partial charge on any atom is 0.338 e. The molecule has 1 rings (SSSR count). The number of benzene rings is 1. The fourth-order valence-corrected chi connectivity index (χ4v) is 0.865. The van der Waals surface area contributed by atoms with Crippen molar-refractivity contribution in [3.63, 3.8) is 0 Å². The van der Waals surface area contributed by atoms with Crippen molar-refractivity contribution in [2.45, 2.75) is 6.92 Å². The molecule has 14 heavy (non-hydrogen) atoms. The average molecular weight is 200 g/mol. The van der Waals surface area contributed by atoms with Crippen molar-refractivity contribution >= 4 is 5.97 Å². The highest BCUT2D eigenvalue weighted by atomic mass is 16.5. The Kier molecular flexibility index (Phi) is 4.45. The van der Waals surface area contributed by atoms with Gasteiger partial charge in [-0.25, -0.2) is 4.79 Å². The van der Waals surface area contributed by atoms with Gasteiger partial charge in [-0.15, -0.1) is 0 Å². The van der Waals surface area contributed by atoms with Crippen LogP contribution < -0.4 is 0 Å². The predicted octanol–water partition coefficient (Wildman–Crippen LogP) is 0.450. The number of hydrogen-bond donors (Lipinski definition) is 2. The Morgan fingerprint density at radius 1 is 1.36 bits per heavy atom. The van der Waals surface area contributed by atoms with E-state index in [9.17, 15) is 4.79 Å². The quantitative estimate of drug-likeness (QED) is 0.534. The standard InChI is InChI=1S/C9H10O4.H2O/c1-2-13-9(12)6-3-4-7(10)8(11)5-6;/h3-5,10-11H,2H2,1H3;1H2. The first-order valence-electron chi connectivity index (χ1n) is 3.84. The molecule has 0 spiro atoms. The normalized spacial score (nSPS) is 8.93. The number of ether oxygens (including phenoxy) is 1. The monoisotopic (exact) mass is 200 g/mol. The van der Waals surface area contributed by atoms with Crippen molar-refractivity contribution in [2.24, 2.45) is 0 Å². The Morgan fingerprint density at radius 2 is 2.00 bits per heavy atom. The van der Waals surface area contributed by atoms with Crippen molar-refractivity contribution in [3.05, 3.63) is 23.8 Å². The molecule has 0 amide bonds. The maximum absolute atomic E-state index is 11.1. The molecule has 0 unspecified atom stereocenters. The zero-order valence-corrected chi connectivity index (χ0v) is 7.65. The summed E-state index contributed by atoms with van der Waals surface area (Å²) < 4.78 is 4.69. The highest BCUT2D eigenvalue weighted by Crippen LogP contribution is 2.24. The summed E-state index contributed by atoms with van der Waals surface area (Å²) in [6.07, 6.45) is 0. The number of hydrogen-bond acceptors (Lipinski definition) is 4. The average Bonchev–Trinajstić information content (AvgIpc) is 2.10. The molecule has 5 heteroatoms. The summed E-state index contributed by atoms with van der Waals surface area (Å²) in [6, 6.07) is 3.78. The second-order valence-electron chi connectivity index (χ2n) is 2.42. The van der Waals surface area contributed by atoms with Gasteiger partial charge in [-0.05, 0) is 25.1 Å². The van der Waals surface area contributed by atoms with E-state index in [0.717, 1.165) is 6.07 Å². The molecule has 0 aliphatic carbocycles. The lowest BCUT2D eigenvalue weighted by atomic mass is 10.2. The lowest BCUT2D eigenvalue weighted by Gasteiger charge is -2.02. The minimum absolute atomic E-state index is 0. The molecular weight excluding hydrogens is 188 g/mol. The lowest BCUT2D eigenvalue weighted by molar-refractivity contribution is 0.0526. The van der Waals surface area contributed by atoms with E-state index in [1.807, 2.05) is 0 Å². The molecule has 0 aromatic heterocycles. The summed E-state index contributed by atoms with van der Waals surface area (Å²) >= 11 is 0. The summed E-state index contributed by atoms with van der Waals surface area (Å²) in [6.45, 7) is 1.97. The van der Waals surface area contributed by atoms with Crippen LogP contribution in [0.5, 0.6) is 11.5 Å². The van der Waals surface area contributed by atoms with E-state index in [1.165, 1.54) is 12.1 Å². The Hall–Kier alpha value is -1.75. The maximum atomic E-state index is 11.1. The van der Waals surface area contributed by atoms with Crippen LogP contribution in [-0.2, 0) is 4.74 Å². The van der Waals surface area contributed by atoms with Gasteiger partial charge in [0.15, 0.2) is 11.5 Å². The Morgan fingerprint density at radius 3 is 2.50 bits per heavy atom. The Bertz CT molecular complexity index is 321. The van der Waals surface area contributed by atoms with Crippen molar-refractivity contribution in [2.75, 3.05) is 6.61 Å². The molecule has 0 heterocycles. The van der Waals surface area contributed by atoms with E-state index in [0.29, 0.717) is 0 Å². The molecule has 0 fully saturated rings.